The second-order valence-electron chi connectivity index (χ2n) is 9.80. The summed E-state index contributed by atoms with van der Waals surface area (Å²) >= 11 is 0. The molecule has 4 aromatic rings. The van der Waals surface area contributed by atoms with Crippen molar-refractivity contribution in [3.63, 3.8) is 0 Å². The molecule has 36 heavy (non-hydrogen) atoms. The number of aromatic nitrogens is 1. The van der Waals surface area contributed by atoms with Crippen LogP contribution in [-0.4, -0.2) is 34.5 Å². The Balaban J connectivity index is 1.29. The third-order valence-corrected chi connectivity index (χ3v) is 7.40. The van der Waals surface area contributed by atoms with E-state index in [-0.39, 0.29) is 23.7 Å². The van der Waals surface area contributed by atoms with Crippen molar-refractivity contribution in [2.75, 3.05) is 13.1 Å². The van der Waals surface area contributed by atoms with E-state index in [1.54, 1.807) is 0 Å². The SMILES string of the molecule is CCn1cc(C(CC(=O)NC2CCN(Cc3ccccc3)CC2)c2ccc(F)cc2)c2ccccc21. The molecule has 1 aromatic heterocycles. The summed E-state index contributed by atoms with van der Waals surface area (Å²) in [6, 6.07) is 25.7. The molecule has 1 fully saturated rings. The lowest BCUT2D eigenvalue weighted by Gasteiger charge is -2.32. The number of hydrogen-bond acceptors (Lipinski definition) is 2. The Labute approximate surface area is 212 Å². The van der Waals surface area contributed by atoms with Gasteiger partial charge in [-0.15, -0.1) is 0 Å². The molecule has 5 heteroatoms. The molecule has 1 amide bonds. The predicted molar refractivity (Wildman–Crippen MR) is 143 cm³/mol. The molecule has 1 atom stereocenters. The second kappa shape index (κ2) is 11.1. The summed E-state index contributed by atoms with van der Waals surface area (Å²) in [5.41, 5.74) is 4.57. The average Bonchev–Trinajstić information content (AvgIpc) is 3.28. The fourth-order valence-electron chi connectivity index (χ4n) is 5.47. The van der Waals surface area contributed by atoms with Crippen LogP contribution in [0.5, 0.6) is 0 Å². The van der Waals surface area contributed by atoms with E-state index in [0.717, 1.165) is 61.1 Å². The fraction of sp³-hybridized carbons (Fsp3) is 0.323. The van der Waals surface area contributed by atoms with E-state index in [1.807, 2.05) is 30.3 Å². The van der Waals surface area contributed by atoms with Crippen molar-refractivity contribution in [2.45, 2.75) is 51.2 Å². The first kappa shape index (κ1) is 24.3. The Morgan fingerprint density at radius 1 is 0.972 bits per heavy atom. The molecule has 1 N–H and O–H groups in total. The van der Waals surface area contributed by atoms with Crippen LogP contribution in [0.4, 0.5) is 4.39 Å². The number of halogens is 1. The maximum atomic E-state index is 13.7. The number of benzene rings is 3. The summed E-state index contributed by atoms with van der Waals surface area (Å²) in [6.07, 6.45) is 4.41. The van der Waals surface area contributed by atoms with Gasteiger partial charge in [-0.1, -0.05) is 60.7 Å². The van der Waals surface area contributed by atoms with Crippen LogP contribution >= 0.6 is 0 Å². The van der Waals surface area contributed by atoms with Gasteiger partial charge in [0.05, 0.1) is 0 Å². The van der Waals surface area contributed by atoms with E-state index in [4.69, 9.17) is 0 Å². The third kappa shape index (κ3) is 5.52. The molecule has 0 saturated carbocycles. The van der Waals surface area contributed by atoms with Crippen molar-refractivity contribution < 1.29 is 9.18 Å². The summed E-state index contributed by atoms with van der Waals surface area (Å²) < 4.78 is 15.9. The molecule has 1 aliphatic rings. The lowest BCUT2D eigenvalue weighted by molar-refractivity contribution is -0.122. The van der Waals surface area contributed by atoms with E-state index >= 15 is 0 Å². The molecule has 3 aromatic carbocycles. The van der Waals surface area contributed by atoms with E-state index in [9.17, 15) is 9.18 Å². The van der Waals surface area contributed by atoms with Crippen LogP contribution in [0.25, 0.3) is 10.9 Å². The van der Waals surface area contributed by atoms with Crippen molar-refractivity contribution in [1.82, 2.24) is 14.8 Å². The predicted octanol–water partition coefficient (Wildman–Crippen LogP) is 6.10. The summed E-state index contributed by atoms with van der Waals surface area (Å²) in [4.78, 5) is 15.8. The van der Waals surface area contributed by atoms with Crippen LogP contribution in [0.2, 0.25) is 0 Å². The minimum absolute atomic E-state index is 0.0548. The van der Waals surface area contributed by atoms with E-state index in [2.05, 4.69) is 64.3 Å². The zero-order valence-electron chi connectivity index (χ0n) is 20.9. The smallest absolute Gasteiger partial charge is 0.221 e. The number of nitrogens with one attached hydrogen (secondary N) is 1. The van der Waals surface area contributed by atoms with Gasteiger partial charge < -0.3 is 9.88 Å². The van der Waals surface area contributed by atoms with Crippen molar-refractivity contribution >= 4 is 16.8 Å². The lowest BCUT2D eigenvalue weighted by atomic mass is 9.87. The number of para-hydroxylation sites is 1. The number of piperidine rings is 1. The second-order valence-corrected chi connectivity index (χ2v) is 9.80. The van der Waals surface area contributed by atoms with Gasteiger partial charge in [0.15, 0.2) is 0 Å². The molecule has 1 aliphatic heterocycles. The van der Waals surface area contributed by atoms with Gasteiger partial charge in [0.1, 0.15) is 5.82 Å². The molecular formula is C31H34FN3O. The van der Waals surface area contributed by atoms with Crippen molar-refractivity contribution in [3.8, 4) is 0 Å². The van der Waals surface area contributed by atoms with Gasteiger partial charge in [0.2, 0.25) is 5.91 Å². The quantitative estimate of drug-likeness (QED) is 0.329. The monoisotopic (exact) mass is 483 g/mol. The zero-order valence-corrected chi connectivity index (χ0v) is 20.9. The van der Waals surface area contributed by atoms with E-state index in [1.165, 1.54) is 17.7 Å². The first-order chi connectivity index (χ1) is 17.6. The number of rotatable bonds is 8. The Kier molecular flexibility index (Phi) is 7.47. The molecule has 4 nitrogen and oxygen atoms in total. The molecule has 0 bridgehead atoms. The molecule has 0 radical (unpaired) electrons. The van der Waals surface area contributed by atoms with Crippen LogP contribution in [0, 0.1) is 5.82 Å². The highest BCUT2D eigenvalue weighted by Crippen LogP contribution is 2.35. The van der Waals surface area contributed by atoms with Crippen LogP contribution in [0.1, 0.15) is 48.8 Å². The molecule has 1 saturated heterocycles. The van der Waals surface area contributed by atoms with Crippen LogP contribution in [-0.2, 0) is 17.9 Å². The maximum Gasteiger partial charge on any atom is 0.221 e. The Bertz CT molecular complexity index is 1290. The molecule has 1 unspecified atom stereocenters. The minimum Gasteiger partial charge on any atom is -0.353 e. The standard InChI is InChI=1S/C31H34FN3O/c1-2-35-22-29(27-10-6-7-11-30(27)35)28(24-12-14-25(32)15-13-24)20-31(36)33-26-16-18-34(19-17-26)21-23-8-4-3-5-9-23/h3-15,22,26,28H,2,16-21H2,1H3,(H,33,36). The van der Waals surface area contributed by atoms with Gasteiger partial charge in [-0.05, 0) is 54.7 Å². The molecule has 0 aliphatic carbocycles. The number of likely N-dealkylation sites (tertiary alicyclic amines) is 1. The first-order valence-corrected chi connectivity index (χ1v) is 13.0. The van der Waals surface area contributed by atoms with Crippen LogP contribution < -0.4 is 5.32 Å². The van der Waals surface area contributed by atoms with Gasteiger partial charge in [0, 0.05) is 61.7 Å². The highest BCUT2D eigenvalue weighted by molar-refractivity contribution is 5.86. The number of hydrogen-bond donors (Lipinski definition) is 1. The average molecular weight is 484 g/mol. The number of amides is 1. The largest absolute Gasteiger partial charge is 0.353 e. The molecule has 2 heterocycles. The normalized spacial score (nSPS) is 15.7. The maximum absolute atomic E-state index is 13.7. The molecule has 5 rings (SSSR count). The van der Waals surface area contributed by atoms with Crippen LogP contribution in [0.3, 0.4) is 0 Å². The summed E-state index contributed by atoms with van der Waals surface area (Å²) in [7, 11) is 0. The van der Waals surface area contributed by atoms with Gasteiger partial charge >= 0.3 is 0 Å². The van der Waals surface area contributed by atoms with Gasteiger partial charge in [0.25, 0.3) is 0 Å². The number of carbonyl (C=O) groups is 1. The van der Waals surface area contributed by atoms with Crippen molar-refractivity contribution in [2.24, 2.45) is 0 Å². The van der Waals surface area contributed by atoms with Gasteiger partial charge in [-0.2, -0.15) is 0 Å². The van der Waals surface area contributed by atoms with Crippen molar-refractivity contribution in [3.05, 3.63) is 108 Å². The first-order valence-electron chi connectivity index (χ1n) is 13.0. The summed E-state index contributed by atoms with van der Waals surface area (Å²) in [5.74, 6) is -0.346. The minimum atomic E-state index is -0.264. The Hall–Kier alpha value is -3.44. The fourth-order valence-corrected chi connectivity index (χ4v) is 5.47. The Morgan fingerprint density at radius 3 is 2.39 bits per heavy atom. The highest BCUT2D eigenvalue weighted by Gasteiger charge is 2.25. The highest BCUT2D eigenvalue weighted by atomic mass is 19.1. The summed E-state index contributed by atoms with van der Waals surface area (Å²) in [5, 5.41) is 4.46. The topological polar surface area (TPSA) is 37.3 Å². The Morgan fingerprint density at radius 2 is 1.67 bits per heavy atom. The van der Waals surface area contributed by atoms with Gasteiger partial charge in [-0.3, -0.25) is 9.69 Å². The van der Waals surface area contributed by atoms with Crippen LogP contribution in [0.15, 0.2) is 85.1 Å². The van der Waals surface area contributed by atoms with E-state index < -0.39 is 0 Å². The summed E-state index contributed by atoms with van der Waals surface area (Å²) in [6.45, 7) is 5.89. The lowest BCUT2D eigenvalue weighted by Crippen LogP contribution is -2.44. The molecule has 186 valence electrons. The van der Waals surface area contributed by atoms with E-state index in [0.29, 0.717) is 6.42 Å². The zero-order chi connectivity index (χ0) is 24.9. The van der Waals surface area contributed by atoms with Crippen molar-refractivity contribution in [1.29, 1.82) is 0 Å². The molecular weight excluding hydrogens is 449 g/mol. The number of carbonyl (C=O) groups excluding carboxylic acids is 1. The number of aryl methyl sites for hydroxylation is 1. The van der Waals surface area contributed by atoms with Gasteiger partial charge in [-0.25, -0.2) is 4.39 Å². The molecule has 0 spiro atoms. The third-order valence-electron chi connectivity index (χ3n) is 7.40. The number of nitrogens with zero attached hydrogens (tertiary/aromatic N) is 2. The number of fused-ring (bicyclic) bond motifs is 1.